The molecule has 102 valence electrons. The fraction of sp³-hybridized carbons (Fsp3) is 0.467. The Hall–Kier alpha value is -1.68. The lowest BCUT2D eigenvalue weighted by Crippen LogP contribution is -2.35. The predicted octanol–water partition coefficient (Wildman–Crippen LogP) is 2.77. The molecule has 0 saturated heterocycles. The van der Waals surface area contributed by atoms with E-state index in [2.05, 4.69) is 49.2 Å². The van der Waals surface area contributed by atoms with E-state index in [1.165, 1.54) is 5.56 Å². The van der Waals surface area contributed by atoms with Crippen molar-refractivity contribution >= 4 is 0 Å². The van der Waals surface area contributed by atoms with Crippen molar-refractivity contribution in [1.82, 2.24) is 20.1 Å². The summed E-state index contributed by atoms with van der Waals surface area (Å²) in [7, 11) is 0. The first-order valence-electron chi connectivity index (χ1n) is 6.57. The van der Waals surface area contributed by atoms with E-state index in [9.17, 15) is 0 Å². The molecule has 0 unspecified atom stereocenters. The smallest absolute Gasteiger partial charge is 0.156 e. The summed E-state index contributed by atoms with van der Waals surface area (Å²) in [6.45, 7) is 11.4. The van der Waals surface area contributed by atoms with Gasteiger partial charge in [0.15, 0.2) is 5.82 Å². The fourth-order valence-electron chi connectivity index (χ4n) is 1.86. The number of nitrogens with one attached hydrogen (secondary N) is 1. The third-order valence-corrected chi connectivity index (χ3v) is 2.86. The first-order chi connectivity index (χ1) is 8.85. The highest BCUT2D eigenvalue weighted by Crippen LogP contribution is 2.13. The highest BCUT2D eigenvalue weighted by molar-refractivity contribution is 5.35. The molecule has 0 amide bonds. The molecule has 0 fully saturated rings. The molecule has 0 atom stereocenters. The first kappa shape index (κ1) is 13.7. The maximum absolute atomic E-state index is 4.52. The van der Waals surface area contributed by atoms with Crippen molar-refractivity contribution in [3.63, 3.8) is 0 Å². The van der Waals surface area contributed by atoms with Crippen LogP contribution in [0.25, 0.3) is 5.82 Å². The highest BCUT2D eigenvalue weighted by Gasteiger charge is 2.10. The third-order valence-electron chi connectivity index (χ3n) is 2.86. The quantitative estimate of drug-likeness (QED) is 0.920. The highest BCUT2D eigenvalue weighted by atomic mass is 15.3. The Morgan fingerprint density at radius 2 is 1.95 bits per heavy atom. The Kier molecular flexibility index (Phi) is 3.71. The molecule has 2 aromatic heterocycles. The zero-order valence-corrected chi connectivity index (χ0v) is 12.4. The van der Waals surface area contributed by atoms with Gasteiger partial charge in [0, 0.05) is 24.5 Å². The number of hydrogen-bond donors (Lipinski definition) is 1. The van der Waals surface area contributed by atoms with Crippen molar-refractivity contribution in [2.75, 3.05) is 0 Å². The van der Waals surface area contributed by atoms with Gasteiger partial charge in [-0.3, -0.25) is 0 Å². The van der Waals surface area contributed by atoms with Gasteiger partial charge in [0.25, 0.3) is 0 Å². The van der Waals surface area contributed by atoms with Gasteiger partial charge in [-0.2, -0.15) is 5.10 Å². The van der Waals surface area contributed by atoms with Crippen LogP contribution in [0.4, 0.5) is 0 Å². The second-order valence-corrected chi connectivity index (χ2v) is 6.05. The van der Waals surface area contributed by atoms with E-state index in [-0.39, 0.29) is 5.54 Å². The summed E-state index contributed by atoms with van der Waals surface area (Å²) < 4.78 is 1.83. The van der Waals surface area contributed by atoms with E-state index in [1.807, 2.05) is 30.2 Å². The molecule has 1 N–H and O–H groups in total. The van der Waals surface area contributed by atoms with Crippen LogP contribution in [-0.2, 0) is 6.54 Å². The lowest BCUT2D eigenvalue weighted by Gasteiger charge is -2.20. The van der Waals surface area contributed by atoms with Gasteiger partial charge >= 0.3 is 0 Å². The van der Waals surface area contributed by atoms with Crippen LogP contribution in [0.15, 0.2) is 24.7 Å². The maximum atomic E-state index is 4.52. The van der Waals surface area contributed by atoms with Crippen LogP contribution in [0.5, 0.6) is 0 Å². The van der Waals surface area contributed by atoms with Crippen molar-refractivity contribution in [3.8, 4) is 5.82 Å². The molecule has 19 heavy (non-hydrogen) atoms. The molecule has 2 aromatic rings. The number of aromatic nitrogens is 3. The van der Waals surface area contributed by atoms with Crippen molar-refractivity contribution in [2.45, 2.75) is 46.7 Å². The van der Waals surface area contributed by atoms with Crippen LogP contribution in [-0.4, -0.2) is 20.3 Å². The molecule has 2 heterocycles. The van der Waals surface area contributed by atoms with Crippen LogP contribution < -0.4 is 5.32 Å². The summed E-state index contributed by atoms with van der Waals surface area (Å²) in [5, 5.41) is 7.77. The minimum absolute atomic E-state index is 0.117. The van der Waals surface area contributed by atoms with E-state index in [1.54, 1.807) is 0 Å². The second kappa shape index (κ2) is 5.13. The standard InChI is InChI=1S/C15H22N4/c1-11-7-18-19(10-11)14-12(2)6-13(8-16-14)9-17-15(3,4)5/h6-8,10,17H,9H2,1-5H3. The van der Waals surface area contributed by atoms with Crippen molar-refractivity contribution in [2.24, 2.45) is 0 Å². The van der Waals surface area contributed by atoms with Gasteiger partial charge in [0.2, 0.25) is 0 Å². The Morgan fingerprint density at radius 3 is 2.47 bits per heavy atom. The maximum Gasteiger partial charge on any atom is 0.156 e. The molecule has 2 rings (SSSR count). The Balaban J connectivity index is 2.18. The van der Waals surface area contributed by atoms with E-state index in [0.717, 1.165) is 23.5 Å². The summed E-state index contributed by atoms with van der Waals surface area (Å²) in [6.07, 6.45) is 5.75. The zero-order valence-electron chi connectivity index (χ0n) is 12.4. The largest absolute Gasteiger partial charge is 0.308 e. The molecular weight excluding hydrogens is 236 g/mol. The zero-order chi connectivity index (χ0) is 14.0. The molecule has 0 aliphatic carbocycles. The normalized spacial score (nSPS) is 11.8. The Bertz CT molecular complexity index is 564. The second-order valence-electron chi connectivity index (χ2n) is 6.05. The van der Waals surface area contributed by atoms with Crippen LogP contribution in [0.2, 0.25) is 0 Å². The van der Waals surface area contributed by atoms with Crippen molar-refractivity contribution in [3.05, 3.63) is 41.3 Å². The van der Waals surface area contributed by atoms with Crippen LogP contribution >= 0.6 is 0 Å². The molecule has 4 nitrogen and oxygen atoms in total. The molecule has 4 heteroatoms. The summed E-state index contributed by atoms with van der Waals surface area (Å²) in [4.78, 5) is 4.52. The number of aryl methyl sites for hydroxylation is 2. The van der Waals surface area contributed by atoms with E-state index >= 15 is 0 Å². The van der Waals surface area contributed by atoms with Gasteiger partial charge in [-0.25, -0.2) is 9.67 Å². The van der Waals surface area contributed by atoms with E-state index in [0.29, 0.717) is 0 Å². The topological polar surface area (TPSA) is 42.7 Å². The molecule has 0 bridgehead atoms. The third kappa shape index (κ3) is 3.64. The Morgan fingerprint density at radius 1 is 1.21 bits per heavy atom. The molecular formula is C15H22N4. The molecule has 0 aliphatic rings. The van der Waals surface area contributed by atoms with Gasteiger partial charge < -0.3 is 5.32 Å². The number of pyridine rings is 1. The van der Waals surface area contributed by atoms with E-state index in [4.69, 9.17) is 0 Å². The van der Waals surface area contributed by atoms with Gasteiger partial charge in [0.05, 0.1) is 6.20 Å². The van der Waals surface area contributed by atoms with Gasteiger partial charge in [-0.15, -0.1) is 0 Å². The summed E-state index contributed by atoms with van der Waals surface area (Å²) in [5.41, 5.74) is 3.59. The molecule has 0 spiro atoms. The van der Waals surface area contributed by atoms with Crippen molar-refractivity contribution in [1.29, 1.82) is 0 Å². The fourth-order valence-corrected chi connectivity index (χ4v) is 1.86. The molecule has 0 aromatic carbocycles. The number of hydrogen-bond acceptors (Lipinski definition) is 3. The minimum Gasteiger partial charge on any atom is -0.308 e. The first-order valence-corrected chi connectivity index (χ1v) is 6.57. The summed E-state index contributed by atoms with van der Waals surface area (Å²) >= 11 is 0. The average molecular weight is 258 g/mol. The van der Waals surface area contributed by atoms with Crippen molar-refractivity contribution < 1.29 is 0 Å². The molecule has 0 saturated carbocycles. The summed E-state index contributed by atoms with van der Waals surface area (Å²) in [6, 6.07) is 2.16. The van der Waals surface area contributed by atoms with Gasteiger partial charge in [0.1, 0.15) is 0 Å². The van der Waals surface area contributed by atoms with Gasteiger partial charge in [-0.1, -0.05) is 0 Å². The van der Waals surface area contributed by atoms with E-state index < -0.39 is 0 Å². The molecule has 0 aliphatic heterocycles. The number of nitrogens with zero attached hydrogens (tertiary/aromatic N) is 3. The van der Waals surface area contributed by atoms with Crippen LogP contribution in [0, 0.1) is 13.8 Å². The lowest BCUT2D eigenvalue weighted by molar-refractivity contribution is 0.424. The lowest BCUT2D eigenvalue weighted by atomic mass is 10.1. The molecule has 0 radical (unpaired) electrons. The number of rotatable bonds is 3. The average Bonchev–Trinajstić information content (AvgIpc) is 2.72. The SMILES string of the molecule is Cc1cnn(-c2ncc(CNC(C)(C)C)cc2C)c1. The van der Waals surface area contributed by atoms with Crippen LogP contribution in [0.3, 0.4) is 0 Å². The van der Waals surface area contributed by atoms with Gasteiger partial charge in [-0.05, 0) is 57.4 Å². The Labute approximate surface area is 114 Å². The monoisotopic (exact) mass is 258 g/mol. The predicted molar refractivity (Wildman–Crippen MR) is 77.4 cm³/mol. The van der Waals surface area contributed by atoms with Crippen LogP contribution in [0.1, 0.15) is 37.5 Å². The summed E-state index contributed by atoms with van der Waals surface area (Å²) in [5.74, 6) is 0.896. The minimum atomic E-state index is 0.117.